The van der Waals surface area contributed by atoms with Gasteiger partial charge in [-0.15, -0.1) is 0 Å². The lowest BCUT2D eigenvalue weighted by Crippen LogP contribution is -2.35. The van der Waals surface area contributed by atoms with Crippen LogP contribution >= 0.6 is 0 Å². The normalized spacial score (nSPS) is 15.9. The highest BCUT2D eigenvalue weighted by Gasteiger charge is 2.28. The predicted molar refractivity (Wildman–Crippen MR) is 173 cm³/mol. The second kappa shape index (κ2) is 9.69. The maximum absolute atomic E-state index is 3.77. The third-order valence-corrected chi connectivity index (χ3v) is 8.28. The molecule has 2 heterocycles. The van der Waals surface area contributed by atoms with Gasteiger partial charge in [0.15, 0.2) is 0 Å². The van der Waals surface area contributed by atoms with Gasteiger partial charge in [0.2, 0.25) is 0 Å². The van der Waals surface area contributed by atoms with E-state index in [1.807, 2.05) is 0 Å². The van der Waals surface area contributed by atoms with Gasteiger partial charge in [-0.1, -0.05) is 140 Å². The van der Waals surface area contributed by atoms with Crippen LogP contribution < -0.4 is 5.32 Å². The predicted octanol–water partition coefficient (Wildman–Crippen LogP) is 9.47. The van der Waals surface area contributed by atoms with E-state index in [-0.39, 0.29) is 6.17 Å². The zero-order valence-corrected chi connectivity index (χ0v) is 22.5. The van der Waals surface area contributed by atoms with Crippen molar-refractivity contribution in [1.82, 2.24) is 10.2 Å². The highest BCUT2D eigenvalue weighted by Crippen LogP contribution is 2.43. The van der Waals surface area contributed by atoms with Gasteiger partial charge in [0.1, 0.15) is 6.17 Å². The molecule has 0 bridgehead atoms. The Hall–Kier alpha value is -5.34. The van der Waals surface area contributed by atoms with Gasteiger partial charge in [0.25, 0.3) is 0 Å². The van der Waals surface area contributed by atoms with Gasteiger partial charge in [-0.3, -0.25) is 0 Å². The Bertz CT molecular complexity index is 1940. The molecule has 41 heavy (non-hydrogen) atoms. The molecule has 0 spiro atoms. The van der Waals surface area contributed by atoms with Crippen molar-refractivity contribution in [3.63, 3.8) is 0 Å². The van der Waals surface area contributed by atoms with E-state index in [4.69, 9.17) is 0 Å². The second-order valence-electron chi connectivity index (χ2n) is 10.7. The van der Waals surface area contributed by atoms with E-state index in [0.29, 0.717) is 0 Å². The molecule has 1 unspecified atom stereocenters. The van der Waals surface area contributed by atoms with E-state index < -0.39 is 0 Å². The first-order valence-electron chi connectivity index (χ1n) is 14.1. The summed E-state index contributed by atoms with van der Waals surface area (Å²) >= 11 is 0. The number of hydrogen-bond donors (Lipinski definition) is 1. The molecular weight excluding hydrogens is 496 g/mol. The van der Waals surface area contributed by atoms with Crippen LogP contribution in [-0.4, -0.2) is 11.1 Å². The van der Waals surface area contributed by atoms with Gasteiger partial charge in [-0.25, -0.2) is 0 Å². The molecule has 1 atom stereocenters. The van der Waals surface area contributed by atoms with E-state index in [9.17, 15) is 0 Å². The molecule has 0 fully saturated rings. The number of nitrogens with one attached hydrogen (secondary N) is 1. The summed E-state index contributed by atoms with van der Waals surface area (Å²) in [5.41, 5.74) is 9.87. The number of rotatable bonds is 4. The summed E-state index contributed by atoms with van der Waals surface area (Å²) in [6.07, 6.45) is 8.77. The first kappa shape index (κ1) is 23.5. The monoisotopic (exact) mass is 524 g/mol. The molecule has 0 aromatic heterocycles. The molecule has 8 rings (SSSR count). The summed E-state index contributed by atoms with van der Waals surface area (Å²) < 4.78 is 0. The number of allylic oxidation sites excluding steroid dienone is 2. The lowest BCUT2D eigenvalue weighted by Gasteiger charge is -2.28. The molecular formula is C39H28N2. The Balaban J connectivity index is 1.20. The summed E-state index contributed by atoms with van der Waals surface area (Å²) in [4.78, 5) is 2.26. The van der Waals surface area contributed by atoms with Crippen LogP contribution in [0.2, 0.25) is 0 Å². The summed E-state index contributed by atoms with van der Waals surface area (Å²) in [6.45, 7) is 0. The minimum absolute atomic E-state index is 0.0931. The molecule has 0 aliphatic carbocycles. The van der Waals surface area contributed by atoms with Crippen LogP contribution in [0.1, 0.15) is 11.1 Å². The molecule has 1 N–H and O–H groups in total. The van der Waals surface area contributed by atoms with Crippen molar-refractivity contribution in [2.45, 2.75) is 6.17 Å². The zero-order chi connectivity index (χ0) is 27.2. The van der Waals surface area contributed by atoms with E-state index in [1.165, 1.54) is 60.5 Å². The van der Waals surface area contributed by atoms with E-state index in [1.54, 1.807) is 0 Å². The van der Waals surface area contributed by atoms with Crippen molar-refractivity contribution in [2.75, 3.05) is 0 Å². The third kappa shape index (κ3) is 3.96. The van der Waals surface area contributed by atoms with Gasteiger partial charge >= 0.3 is 0 Å². The summed E-state index contributed by atoms with van der Waals surface area (Å²) in [6, 6.07) is 48.1. The number of benzene rings is 6. The quantitative estimate of drug-likeness (QED) is 0.231. The summed E-state index contributed by atoms with van der Waals surface area (Å²) in [5, 5.41) is 8.87. The molecule has 0 radical (unpaired) electrons. The van der Waals surface area contributed by atoms with Gasteiger partial charge < -0.3 is 10.2 Å². The fourth-order valence-electron chi connectivity index (χ4n) is 6.40. The first-order valence-corrected chi connectivity index (χ1v) is 14.1. The Labute approximate surface area is 240 Å². The molecule has 2 nitrogen and oxygen atoms in total. The second-order valence-corrected chi connectivity index (χ2v) is 10.7. The minimum atomic E-state index is 0.0931. The van der Waals surface area contributed by atoms with Crippen LogP contribution in [0, 0.1) is 0 Å². The van der Waals surface area contributed by atoms with E-state index in [0.717, 1.165) is 5.70 Å². The fourth-order valence-corrected chi connectivity index (χ4v) is 6.40. The lowest BCUT2D eigenvalue weighted by molar-refractivity contribution is 0.439. The van der Waals surface area contributed by atoms with Crippen molar-refractivity contribution in [2.24, 2.45) is 0 Å². The Kier molecular flexibility index (Phi) is 5.56. The van der Waals surface area contributed by atoms with Gasteiger partial charge in [-0.05, 0) is 61.0 Å². The van der Waals surface area contributed by atoms with Gasteiger partial charge in [0.05, 0.1) is 5.70 Å². The van der Waals surface area contributed by atoms with Crippen molar-refractivity contribution in [3.8, 4) is 22.3 Å². The first-order chi connectivity index (χ1) is 20.3. The lowest BCUT2D eigenvalue weighted by atomic mass is 9.86. The molecule has 6 aromatic carbocycles. The van der Waals surface area contributed by atoms with Crippen molar-refractivity contribution < 1.29 is 0 Å². The fraction of sp³-hybridized carbons (Fsp3) is 0.0256. The molecule has 2 heteroatoms. The zero-order valence-electron chi connectivity index (χ0n) is 22.5. The van der Waals surface area contributed by atoms with Crippen LogP contribution in [-0.2, 0) is 0 Å². The van der Waals surface area contributed by atoms with E-state index >= 15 is 0 Å². The molecule has 0 saturated carbocycles. The molecule has 194 valence electrons. The Morgan fingerprint density at radius 2 is 0.927 bits per heavy atom. The van der Waals surface area contributed by atoms with Gasteiger partial charge in [-0.2, -0.15) is 0 Å². The number of nitrogens with zero attached hydrogens (tertiary/aromatic N) is 1. The third-order valence-electron chi connectivity index (χ3n) is 8.28. The van der Waals surface area contributed by atoms with Crippen molar-refractivity contribution in [3.05, 3.63) is 169 Å². The maximum atomic E-state index is 3.77. The van der Waals surface area contributed by atoms with Crippen LogP contribution in [0.3, 0.4) is 0 Å². The molecule has 2 aliphatic heterocycles. The molecule has 6 aromatic rings. The molecule has 0 saturated heterocycles. The minimum Gasteiger partial charge on any atom is -0.359 e. The van der Waals surface area contributed by atoms with Gasteiger partial charge in [0, 0.05) is 18.0 Å². The van der Waals surface area contributed by atoms with E-state index in [2.05, 4.69) is 168 Å². The van der Waals surface area contributed by atoms with Crippen molar-refractivity contribution >= 4 is 32.8 Å². The number of hydrogen-bond acceptors (Lipinski definition) is 2. The van der Waals surface area contributed by atoms with Crippen LogP contribution in [0.5, 0.6) is 0 Å². The van der Waals surface area contributed by atoms with Crippen LogP contribution in [0.25, 0.3) is 55.1 Å². The maximum Gasteiger partial charge on any atom is 0.130 e. The highest BCUT2D eigenvalue weighted by molar-refractivity contribution is 6.21. The average molecular weight is 525 g/mol. The molecule has 0 amide bonds. The summed E-state index contributed by atoms with van der Waals surface area (Å²) in [7, 11) is 0. The SMILES string of the molecule is C1=CN2C=C(c3ccc(-c4c5ccccc5c(-c5ccccc5)c5ccccc45)cc3)NC2C(c2ccccc2)=C1. The largest absolute Gasteiger partial charge is 0.359 e. The Morgan fingerprint density at radius 3 is 1.49 bits per heavy atom. The van der Waals surface area contributed by atoms with Crippen LogP contribution in [0.15, 0.2) is 158 Å². The average Bonchev–Trinajstić information content (AvgIpc) is 3.49. The highest BCUT2D eigenvalue weighted by atomic mass is 15.3. The summed E-state index contributed by atoms with van der Waals surface area (Å²) in [5.74, 6) is 0. The topological polar surface area (TPSA) is 15.3 Å². The Morgan fingerprint density at radius 1 is 0.463 bits per heavy atom. The molecule has 2 aliphatic rings. The standard InChI is InChI=1S/C39H28N2/c1-3-12-27(13-4-1)31-20-11-25-41-26-36(40-39(31)41)28-21-23-30(24-22-28)38-34-18-9-7-16-32(34)37(29-14-5-2-6-15-29)33-17-8-10-19-35(33)38/h1-26,39-40H. The van der Waals surface area contributed by atoms with Crippen molar-refractivity contribution in [1.29, 1.82) is 0 Å². The van der Waals surface area contributed by atoms with Crippen LogP contribution in [0.4, 0.5) is 0 Å². The smallest absolute Gasteiger partial charge is 0.130 e. The number of fused-ring (bicyclic) bond motifs is 3.